The molecule has 0 radical (unpaired) electrons. The number of hydrogen-bond acceptors (Lipinski definition) is 2. The summed E-state index contributed by atoms with van der Waals surface area (Å²) in [5.74, 6) is 0. The molecule has 5 heteroatoms. The van der Waals surface area contributed by atoms with Crippen molar-refractivity contribution in [3.8, 4) is 0 Å². The van der Waals surface area contributed by atoms with Gasteiger partial charge >= 0.3 is 0 Å². The van der Waals surface area contributed by atoms with Crippen molar-refractivity contribution in [1.29, 1.82) is 0 Å². The lowest BCUT2D eigenvalue weighted by Crippen LogP contribution is -2.48. The Balaban J connectivity index is 2.17. The molecule has 0 aromatic heterocycles. The molecule has 1 aliphatic carbocycles. The minimum Gasteiger partial charge on any atom is -0.405 e. The van der Waals surface area contributed by atoms with E-state index in [1.807, 2.05) is 26.8 Å². The van der Waals surface area contributed by atoms with Crippen LogP contribution in [0.4, 0.5) is 0 Å². The zero-order valence-corrected chi connectivity index (χ0v) is 21.1. The van der Waals surface area contributed by atoms with Gasteiger partial charge in [0.25, 0.3) is 0 Å². The first-order valence-corrected chi connectivity index (χ1v) is 14.9. The van der Waals surface area contributed by atoms with Crippen LogP contribution in [0.1, 0.15) is 59.1 Å². The summed E-state index contributed by atoms with van der Waals surface area (Å²) in [5, 5.41) is 0. The molecule has 1 fully saturated rings. The lowest BCUT2D eigenvalue weighted by molar-refractivity contribution is 0.131. The van der Waals surface area contributed by atoms with Crippen molar-refractivity contribution >= 4 is 19.3 Å². The third-order valence-electron chi connectivity index (χ3n) is 6.73. The molecule has 1 N–H and O–H groups in total. The highest BCUT2D eigenvalue weighted by Crippen LogP contribution is 2.66. The van der Waals surface area contributed by atoms with Gasteiger partial charge in [-0.3, -0.25) is 0 Å². The highest BCUT2D eigenvalue weighted by Gasteiger charge is 2.73. The van der Waals surface area contributed by atoms with E-state index in [1.165, 1.54) is 5.56 Å². The minimum absolute atomic E-state index is 0.360. The Hall–Kier alpha value is -1.27. The van der Waals surface area contributed by atoms with Crippen LogP contribution in [-0.4, -0.2) is 17.3 Å². The van der Waals surface area contributed by atoms with Gasteiger partial charge in [-0.1, -0.05) is 81.4 Å². The summed E-state index contributed by atoms with van der Waals surface area (Å²) < 4.78 is 23.9. The first-order chi connectivity index (χ1) is 14.2. The fourth-order valence-corrected chi connectivity index (χ4v) is 8.46. The van der Waals surface area contributed by atoms with Crippen molar-refractivity contribution in [2.45, 2.75) is 82.0 Å². The number of benzene rings is 2. The van der Waals surface area contributed by atoms with E-state index < -0.39 is 30.4 Å². The lowest BCUT2D eigenvalue weighted by Gasteiger charge is -2.38. The van der Waals surface area contributed by atoms with Gasteiger partial charge in [0.05, 0.1) is 21.3 Å². The van der Waals surface area contributed by atoms with E-state index in [4.69, 9.17) is 4.43 Å². The molecule has 3 rings (SSSR count). The zero-order valence-electron chi connectivity index (χ0n) is 19.3. The summed E-state index contributed by atoms with van der Waals surface area (Å²) in [6, 6.07) is 24.3. The number of rotatable bonds is 9. The monoisotopic (exact) mass is 443 g/mol. The molecule has 3 atom stereocenters. The minimum atomic E-state index is -1.93. The van der Waals surface area contributed by atoms with E-state index in [0.717, 1.165) is 30.1 Å². The third-order valence-corrected chi connectivity index (χ3v) is 13.0. The first-order valence-electron chi connectivity index (χ1n) is 11.2. The normalized spacial score (nSPS) is 25.1. The summed E-state index contributed by atoms with van der Waals surface area (Å²) in [6.45, 7) is 12.9. The topological polar surface area (TPSA) is 38.3 Å². The molecule has 1 saturated carbocycles. The molecule has 2 aromatic rings. The van der Waals surface area contributed by atoms with Crippen LogP contribution < -0.4 is 4.72 Å². The number of hydrogen-bond donors (Lipinski definition) is 1. The van der Waals surface area contributed by atoms with E-state index in [0.29, 0.717) is 0 Å². The quantitative estimate of drug-likeness (QED) is 0.465. The molecule has 0 spiro atoms. The molecule has 3 nitrogen and oxygen atoms in total. The van der Waals surface area contributed by atoms with Gasteiger partial charge in [-0.2, -0.15) is 0 Å². The van der Waals surface area contributed by atoms with Crippen molar-refractivity contribution in [1.82, 2.24) is 4.72 Å². The van der Waals surface area contributed by atoms with E-state index in [9.17, 15) is 4.21 Å². The Labute approximate surface area is 186 Å². The first kappa shape index (κ1) is 23.4. The smallest absolute Gasteiger partial charge is 0.193 e. The van der Waals surface area contributed by atoms with Gasteiger partial charge in [-0.25, -0.2) is 8.93 Å². The molecule has 0 heterocycles. The van der Waals surface area contributed by atoms with Crippen molar-refractivity contribution in [2.24, 2.45) is 0 Å². The Morgan fingerprint density at radius 2 is 1.37 bits per heavy atom. The maximum absolute atomic E-state index is 13.3. The molecule has 30 heavy (non-hydrogen) atoms. The fourth-order valence-electron chi connectivity index (χ4n) is 4.45. The predicted octanol–water partition coefficient (Wildman–Crippen LogP) is 6.25. The molecule has 0 bridgehead atoms. The molecule has 2 aromatic carbocycles. The molecule has 0 aliphatic heterocycles. The van der Waals surface area contributed by atoms with Crippen LogP contribution in [0.5, 0.6) is 0 Å². The SMILES string of the molecule is CC[Si](CC)(CC)O[C@]1(c2ccccc2)C[C@@]1(N[S@](=O)C(C)(C)C)c1ccccc1. The fraction of sp³-hybridized carbons (Fsp3) is 0.520. The van der Waals surface area contributed by atoms with Gasteiger partial charge in [0.2, 0.25) is 0 Å². The number of nitrogens with one attached hydrogen (secondary N) is 1. The second kappa shape index (κ2) is 8.70. The Bertz CT molecular complexity index is 855. The molecule has 164 valence electrons. The van der Waals surface area contributed by atoms with Crippen molar-refractivity contribution < 1.29 is 8.63 Å². The molecule has 0 saturated heterocycles. The van der Waals surface area contributed by atoms with E-state index in [-0.39, 0.29) is 4.75 Å². The van der Waals surface area contributed by atoms with Crippen LogP contribution in [0.15, 0.2) is 60.7 Å². The maximum atomic E-state index is 13.3. The molecular weight excluding hydrogens is 406 g/mol. The zero-order chi connectivity index (χ0) is 22.0. The lowest BCUT2D eigenvalue weighted by atomic mass is 9.97. The average Bonchev–Trinajstić information content (AvgIpc) is 3.41. The molecule has 0 amide bonds. The summed E-state index contributed by atoms with van der Waals surface area (Å²) in [4.78, 5) is 0. The van der Waals surface area contributed by atoms with Gasteiger partial charge in [-0.05, 0) is 50.0 Å². The van der Waals surface area contributed by atoms with Crippen LogP contribution in [0, 0.1) is 0 Å². The van der Waals surface area contributed by atoms with Crippen molar-refractivity contribution in [2.75, 3.05) is 0 Å². The molecule has 0 unspecified atom stereocenters. The van der Waals surface area contributed by atoms with Gasteiger partial charge in [0.1, 0.15) is 5.60 Å². The van der Waals surface area contributed by atoms with Crippen LogP contribution in [0.2, 0.25) is 18.1 Å². The predicted molar refractivity (Wildman–Crippen MR) is 130 cm³/mol. The van der Waals surface area contributed by atoms with Gasteiger partial charge in [0.15, 0.2) is 8.32 Å². The highest BCUT2D eigenvalue weighted by atomic mass is 32.2. The standard InChI is InChI=1S/C25H37NO2SSi/c1-7-30(8-2,9-3)28-25(22-18-14-11-15-19-22)20-24(25,21-16-12-10-13-17-21)26-29(27)23(4,5)6/h10-19,26H,7-9,20H2,1-6H3/t24-,25+,29-/m1/s1. The largest absolute Gasteiger partial charge is 0.405 e. The highest BCUT2D eigenvalue weighted by molar-refractivity contribution is 7.84. The summed E-state index contributed by atoms with van der Waals surface area (Å²) in [7, 11) is -3.14. The Morgan fingerprint density at radius 3 is 1.80 bits per heavy atom. The second-order valence-corrected chi connectivity index (χ2v) is 16.1. The molecular formula is C25H37NO2SSi. The Morgan fingerprint density at radius 1 is 0.900 bits per heavy atom. The van der Waals surface area contributed by atoms with E-state index >= 15 is 0 Å². The summed E-state index contributed by atoms with van der Waals surface area (Å²) in [6.07, 6.45) is 0.796. The van der Waals surface area contributed by atoms with Crippen molar-refractivity contribution in [3.05, 3.63) is 71.8 Å². The Kier molecular flexibility index (Phi) is 6.78. The molecule has 1 aliphatic rings. The third kappa shape index (κ3) is 4.09. The van der Waals surface area contributed by atoms with Gasteiger partial charge in [0, 0.05) is 6.42 Å². The summed E-state index contributed by atoms with van der Waals surface area (Å²) in [5.41, 5.74) is 1.34. The van der Waals surface area contributed by atoms with Gasteiger partial charge in [-0.15, -0.1) is 0 Å². The van der Waals surface area contributed by atoms with Crippen LogP contribution in [0.25, 0.3) is 0 Å². The van der Waals surface area contributed by atoms with Gasteiger partial charge < -0.3 is 4.43 Å². The van der Waals surface area contributed by atoms with E-state index in [1.54, 1.807) is 0 Å². The maximum Gasteiger partial charge on any atom is 0.193 e. The van der Waals surface area contributed by atoms with E-state index in [2.05, 4.69) is 80.1 Å². The van der Waals surface area contributed by atoms with Crippen molar-refractivity contribution in [3.63, 3.8) is 0 Å². The average molecular weight is 444 g/mol. The second-order valence-electron chi connectivity index (χ2n) is 9.47. The van der Waals surface area contributed by atoms with Crippen LogP contribution >= 0.6 is 0 Å². The summed E-state index contributed by atoms with van der Waals surface area (Å²) >= 11 is 0. The van der Waals surface area contributed by atoms with Crippen LogP contribution in [-0.2, 0) is 26.6 Å². The van der Waals surface area contributed by atoms with Crippen LogP contribution in [0.3, 0.4) is 0 Å².